The molecular formula is C12H8BrClN2O4S. The summed E-state index contributed by atoms with van der Waals surface area (Å²) in [5.41, 5.74) is -0.141. The highest BCUT2D eigenvalue weighted by molar-refractivity contribution is 9.10. The van der Waals surface area contributed by atoms with Gasteiger partial charge in [-0.15, -0.1) is 0 Å². The molecule has 0 bridgehead atoms. The highest BCUT2D eigenvalue weighted by Gasteiger charge is 2.20. The molecule has 1 heterocycles. The molecule has 0 amide bonds. The van der Waals surface area contributed by atoms with E-state index in [0.717, 1.165) is 6.07 Å². The molecule has 2 rings (SSSR count). The zero-order valence-corrected chi connectivity index (χ0v) is 13.4. The van der Waals surface area contributed by atoms with Crippen LogP contribution in [0.5, 0.6) is 0 Å². The third kappa shape index (κ3) is 3.72. The van der Waals surface area contributed by atoms with E-state index in [0.29, 0.717) is 0 Å². The first-order valence-electron chi connectivity index (χ1n) is 5.48. The molecule has 2 N–H and O–H groups in total. The Morgan fingerprint density at radius 1 is 1.29 bits per heavy atom. The van der Waals surface area contributed by atoms with Crippen LogP contribution >= 0.6 is 27.5 Å². The number of halogens is 2. The van der Waals surface area contributed by atoms with Crippen molar-refractivity contribution in [1.82, 2.24) is 4.98 Å². The Hall–Kier alpha value is -1.64. The van der Waals surface area contributed by atoms with Crippen LogP contribution in [-0.2, 0) is 10.0 Å². The first kappa shape index (κ1) is 15.7. The monoisotopic (exact) mass is 390 g/mol. The summed E-state index contributed by atoms with van der Waals surface area (Å²) in [4.78, 5) is 14.5. The van der Waals surface area contributed by atoms with Crippen molar-refractivity contribution < 1.29 is 18.3 Å². The van der Waals surface area contributed by atoms with Gasteiger partial charge in [0.1, 0.15) is 15.9 Å². The normalized spacial score (nSPS) is 11.1. The van der Waals surface area contributed by atoms with Crippen LogP contribution < -0.4 is 4.72 Å². The molecule has 6 nitrogen and oxygen atoms in total. The quantitative estimate of drug-likeness (QED) is 0.781. The Morgan fingerprint density at radius 2 is 2.00 bits per heavy atom. The summed E-state index contributed by atoms with van der Waals surface area (Å²) >= 11 is 8.77. The standard InChI is InChI=1S/C12H8BrClN2O4S/c13-8-5-4-7(12(17)18)6-9(8)21(19,20)16-11-3-1-2-10(14)15-11/h1-6H,(H,15,16)(H,17,18). The molecule has 0 aliphatic rings. The van der Waals surface area contributed by atoms with Crippen molar-refractivity contribution in [2.45, 2.75) is 4.90 Å². The third-order valence-corrected chi connectivity index (χ3v) is 4.98. The Kier molecular flexibility index (Phi) is 4.50. The van der Waals surface area contributed by atoms with Gasteiger partial charge in [-0.2, -0.15) is 0 Å². The van der Waals surface area contributed by atoms with Crippen LogP contribution in [0.4, 0.5) is 5.82 Å². The summed E-state index contributed by atoms with van der Waals surface area (Å²) in [6.07, 6.45) is 0. The second kappa shape index (κ2) is 6.00. The second-order valence-electron chi connectivity index (χ2n) is 3.90. The van der Waals surface area contributed by atoms with Gasteiger partial charge < -0.3 is 5.11 Å². The van der Waals surface area contributed by atoms with Gasteiger partial charge in [-0.3, -0.25) is 4.72 Å². The number of rotatable bonds is 4. The first-order valence-corrected chi connectivity index (χ1v) is 8.13. The summed E-state index contributed by atoms with van der Waals surface area (Å²) < 4.78 is 27.1. The summed E-state index contributed by atoms with van der Waals surface area (Å²) in [6.45, 7) is 0. The number of sulfonamides is 1. The zero-order chi connectivity index (χ0) is 15.6. The molecule has 2 aromatic rings. The van der Waals surface area contributed by atoms with E-state index in [-0.39, 0.29) is 25.9 Å². The van der Waals surface area contributed by atoms with Crippen LogP contribution in [0.15, 0.2) is 45.8 Å². The maximum absolute atomic E-state index is 12.3. The predicted molar refractivity (Wildman–Crippen MR) is 81.2 cm³/mol. The molecule has 0 aliphatic carbocycles. The third-order valence-electron chi connectivity index (χ3n) is 2.42. The number of hydrogen-bond donors (Lipinski definition) is 2. The largest absolute Gasteiger partial charge is 0.478 e. The fourth-order valence-electron chi connectivity index (χ4n) is 1.50. The van der Waals surface area contributed by atoms with Crippen molar-refractivity contribution >= 4 is 49.3 Å². The van der Waals surface area contributed by atoms with E-state index in [4.69, 9.17) is 16.7 Å². The molecule has 0 radical (unpaired) electrons. The molecule has 0 aliphatic heterocycles. The fraction of sp³-hybridized carbons (Fsp3) is 0. The lowest BCUT2D eigenvalue weighted by molar-refractivity contribution is 0.0696. The molecule has 0 saturated heterocycles. The molecule has 21 heavy (non-hydrogen) atoms. The van der Waals surface area contributed by atoms with Gasteiger partial charge in [0.25, 0.3) is 10.0 Å². The Labute approximate surface area is 134 Å². The van der Waals surface area contributed by atoms with Crippen LogP contribution in [0.1, 0.15) is 10.4 Å². The van der Waals surface area contributed by atoms with Crippen LogP contribution in [0.3, 0.4) is 0 Å². The number of pyridine rings is 1. The van der Waals surface area contributed by atoms with Gasteiger partial charge in [0.2, 0.25) is 0 Å². The van der Waals surface area contributed by atoms with Gasteiger partial charge in [0.15, 0.2) is 0 Å². The Morgan fingerprint density at radius 3 is 2.62 bits per heavy atom. The van der Waals surface area contributed by atoms with Gasteiger partial charge in [-0.25, -0.2) is 18.2 Å². The van der Waals surface area contributed by atoms with E-state index < -0.39 is 16.0 Å². The summed E-state index contributed by atoms with van der Waals surface area (Å²) in [5.74, 6) is -1.19. The van der Waals surface area contributed by atoms with Gasteiger partial charge in [0, 0.05) is 4.47 Å². The maximum atomic E-state index is 12.3. The average molecular weight is 392 g/mol. The summed E-state index contributed by atoms with van der Waals surface area (Å²) in [7, 11) is -4.00. The minimum Gasteiger partial charge on any atom is -0.478 e. The van der Waals surface area contributed by atoms with Crippen molar-refractivity contribution in [2.24, 2.45) is 0 Å². The number of nitrogens with zero attached hydrogens (tertiary/aromatic N) is 1. The molecule has 0 unspecified atom stereocenters. The summed E-state index contributed by atoms with van der Waals surface area (Å²) in [6, 6.07) is 8.17. The minimum atomic E-state index is -4.00. The number of carboxylic acids is 1. The molecule has 0 spiro atoms. The van der Waals surface area contributed by atoms with Crippen molar-refractivity contribution in [2.75, 3.05) is 4.72 Å². The Balaban J connectivity index is 2.44. The van der Waals surface area contributed by atoms with Crippen LogP contribution in [0, 0.1) is 0 Å². The molecule has 9 heteroatoms. The van der Waals surface area contributed by atoms with Crippen molar-refractivity contribution in [3.8, 4) is 0 Å². The maximum Gasteiger partial charge on any atom is 0.335 e. The van der Waals surface area contributed by atoms with Crippen LogP contribution in [0.2, 0.25) is 5.15 Å². The Bertz CT molecular complexity index is 811. The van der Waals surface area contributed by atoms with Gasteiger partial charge in [0.05, 0.1) is 5.56 Å². The van der Waals surface area contributed by atoms with Gasteiger partial charge >= 0.3 is 5.97 Å². The minimum absolute atomic E-state index is 0.0372. The van der Waals surface area contributed by atoms with Crippen molar-refractivity contribution in [1.29, 1.82) is 0 Å². The number of aromatic carboxylic acids is 1. The molecule has 1 aromatic heterocycles. The van der Waals surface area contributed by atoms with Crippen molar-refractivity contribution in [3.05, 3.63) is 51.6 Å². The summed E-state index contributed by atoms with van der Waals surface area (Å²) in [5, 5.41) is 9.06. The highest BCUT2D eigenvalue weighted by atomic mass is 79.9. The number of benzene rings is 1. The lowest BCUT2D eigenvalue weighted by atomic mass is 10.2. The number of nitrogens with one attached hydrogen (secondary N) is 1. The predicted octanol–water partition coefficient (Wildman–Crippen LogP) is 3.00. The first-order chi connectivity index (χ1) is 9.79. The molecule has 0 atom stereocenters. The van der Waals surface area contributed by atoms with E-state index >= 15 is 0 Å². The van der Waals surface area contributed by atoms with E-state index in [1.807, 2.05) is 0 Å². The van der Waals surface area contributed by atoms with E-state index in [1.165, 1.54) is 30.3 Å². The number of anilines is 1. The molecule has 0 fully saturated rings. The highest BCUT2D eigenvalue weighted by Crippen LogP contribution is 2.25. The lowest BCUT2D eigenvalue weighted by Gasteiger charge is -2.09. The van der Waals surface area contributed by atoms with E-state index in [9.17, 15) is 13.2 Å². The number of aromatic nitrogens is 1. The van der Waals surface area contributed by atoms with Crippen molar-refractivity contribution in [3.63, 3.8) is 0 Å². The molecule has 0 saturated carbocycles. The van der Waals surface area contributed by atoms with Gasteiger partial charge in [-0.1, -0.05) is 17.7 Å². The van der Waals surface area contributed by atoms with Gasteiger partial charge in [-0.05, 0) is 46.3 Å². The second-order valence-corrected chi connectivity index (χ2v) is 6.79. The van der Waals surface area contributed by atoms with Crippen LogP contribution in [-0.4, -0.2) is 24.5 Å². The zero-order valence-electron chi connectivity index (χ0n) is 10.2. The fourth-order valence-corrected chi connectivity index (χ4v) is 3.66. The molecular weight excluding hydrogens is 384 g/mol. The van der Waals surface area contributed by atoms with Crippen LogP contribution in [0.25, 0.3) is 0 Å². The molecule has 110 valence electrons. The average Bonchev–Trinajstić information content (AvgIpc) is 2.38. The van der Waals surface area contributed by atoms with E-state index in [2.05, 4.69) is 25.6 Å². The lowest BCUT2D eigenvalue weighted by Crippen LogP contribution is -2.15. The SMILES string of the molecule is O=C(O)c1ccc(Br)c(S(=O)(=O)Nc2cccc(Cl)n2)c1. The van der Waals surface area contributed by atoms with E-state index in [1.54, 1.807) is 0 Å². The molecule has 1 aromatic carbocycles. The number of hydrogen-bond acceptors (Lipinski definition) is 4. The smallest absolute Gasteiger partial charge is 0.335 e. The number of carbonyl (C=O) groups is 1. The topological polar surface area (TPSA) is 96.4 Å². The number of carboxylic acid groups (broad SMARTS) is 1.